The van der Waals surface area contributed by atoms with Gasteiger partial charge in [-0.2, -0.15) is 0 Å². The Bertz CT molecular complexity index is 1270. The second kappa shape index (κ2) is 5.67. The van der Waals surface area contributed by atoms with Gasteiger partial charge in [0, 0.05) is 16.9 Å². The molecule has 3 aromatic carbocycles. The molecule has 26 heavy (non-hydrogen) atoms. The van der Waals surface area contributed by atoms with Crippen molar-refractivity contribution in [3.8, 4) is 11.3 Å². The molecule has 5 rings (SSSR count). The number of rotatable bonds is 2. The standard InChI is InChI=1S/C23H18N2O/c1-14(2)23-24-20(17-12-11-15-7-3-4-8-16(15)13-17)22-21(25-23)18-9-5-6-10-19(18)26-22/h3-14H,1-2H3. The minimum Gasteiger partial charge on any atom is -0.452 e. The number of benzene rings is 3. The van der Waals surface area contributed by atoms with Gasteiger partial charge in [-0.15, -0.1) is 0 Å². The molecular weight excluding hydrogens is 320 g/mol. The molecule has 0 amide bonds. The van der Waals surface area contributed by atoms with Gasteiger partial charge in [0.2, 0.25) is 0 Å². The molecule has 126 valence electrons. The molecule has 5 aromatic rings. The summed E-state index contributed by atoms with van der Waals surface area (Å²) in [6, 6.07) is 22.8. The van der Waals surface area contributed by atoms with Gasteiger partial charge >= 0.3 is 0 Å². The first-order valence-electron chi connectivity index (χ1n) is 8.89. The van der Waals surface area contributed by atoms with Crippen molar-refractivity contribution in [3.05, 3.63) is 72.6 Å². The van der Waals surface area contributed by atoms with Crippen LogP contribution in [0.2, 0.25) is 0 Å². The lowest BCUT2D eigenvalue weighted by atomic mass is 10.0. The predicted octanol–water partition coefficient (Wildman–Crippen LogP) is 6.32. The summed E-state index contributed by atoms with van der Waals surface area (Å²) < 4.78 is 6.16. The lowest BCUT2D eigenvalue weighted by Crippen LogP contribution is -1.99. The number of para-hydroxylation sites is 1. The molecule has 0 saturated heterocycles. The van der Waals surface area contributed by atoms with E-state index in [1.54, 1.807) is 0 Å². The van der Waals surface area contributed by atoms with Gasteiger partial charge in [0.05, 0.1) is 0 Å². The van der Waals surface area contributed by atoms with Crippen LogP contribution in [0.15, 0.2) is 71.1 Å². The van der Waals surface area contributed by atoms with E-state index in [4.69, 9.17) is 14.4 Å². The Labute approximate surface area is 151 Å². The van der Waals surface area contributed by atoms with Gasteiger partial charge in [0.25, 0.3) is 0 Å². The first-order valence-corrected chi connectivity index (χ1v) is 8.89. The summed E-state index contributed by atoms with van der Waals surface area (Å²) in [5, 5.41) is 3.45. The molecule has 2 heterocycles. The average molecular weight is 338 g/mol. The van der Waals surface area contributed by atoms with E-state index in [0.29, 0.717) is 0 Å². The summed E-state index contributed by atoms with van der Waals surface area (Å²) in [6.07, 6.45) is 0. The second-order valence-corrected chi connectivity index (χ2v) is 6.92. The van der Waals surface area contributed by atoms with E-state index in [1.807, 2.05) is 18.2 Å². The summed E-state index contributed by atoms with van der Waals surface area (Å²) >= 11 is 0. The van der Waals surface area contributed by atoms with Crippen molar-refractivity contribution < 1.29 is 4.42 Å². The summed E-state index contributed by atoms with van der Waals surface area (Å²) in [4.78, 5) is 9.67. The molecule has 0 saturated carbocycles. The third-order valence-corrected chi connectivity index (χ3v) is 4.78. The van der Waals surface area contributed by atoms with Crippen molar-refractivity contribution in [2.24, 2.45) is 0 Å². The first-order chi connectivity index (χ1) is 12.7. The number of hydrogen-bond donors (Lipinski definition) is 0. The molecule has 0 radical (unpaired) electrons. The zero-order valence-corrected chi connectivity index (χ0v) is 14.7. The van der Waals surface area contributed by atoms with Crippen LogP contribution in [0.25, 0.3) is 44.1 Å². The highest BCUT2D eigenvalue weighted by molar-refractivity contribution is 6.06. The van der Waals surface area contributed by atoms with Gasteiger partial charge in [-0.1, -0.05) is 62.4 Å². The van der Waals surface area contributed by atoms with Crippen molar-refractivity contribution in [2.45, 2.75) is 19.8 Å². The smallest absolute Gasteiger partial charge is 0.180 e. The van der Waals surface area contributed by atoms with E-state index in [1.165, 1.54) is 10.8 Å². The van der Waals surface area contributed by atoms with E-state index in [-0.39, 0.29) is 5.92 Å². The van der Waals surface area contributed by atoms with Gasteiger partial charge in [0.1, 0.15) is 22.6 Å². The fraction of sp³-hybridized carbons (Fsp3) is 0.130. The first kappa shape index (κ1) is 15.1. The van der Waals surface area contributed by atoms with E-state index in [0.717, 1.165) is 39.2 Å². The highest BCUT2D eigenvalue weighted by atomic mass is 16.3. The Morgan fingerprint density at radius 1 is 0.808 bits per heavy atom. The molecule has 0 aliphatic carbocycles. The lowest BCUT2D eigenvalue weighted by molar-refractivity contribution is 0.664. The third-order valence-electron chi connectivity index (χ3n) is 4.78. The molecule has 0 bridgehead atoms. The quantitative estimate of drug-likeness (QED) is 0.378. The van der Waals surface area contributed by atoms with E-state index < -0.39 is 0 Å². The number of fused-ring (bicyclic) bond motifs is 4. The predicted molar refractivity (Wildman–Crippen MR) is 106 cm³/mol. The molecular formula is C23H18N2O. The van der Waals surface area contributed by atoms with E-state index in [9.17, 15) is 0 Å². The van der Waals surface area contributed by atoms with Crippen LogP contribution in [-0.2, 0) is 0 Å². The molecule has 0 spiro atoms. The van der Waals surface area contributed by atoms with Crippen molar-refractivity contribution in [1.82, 2.24) is 9.97 Å². The SMILES string of the molecule is CC(C)c1nc(-c2ccc3ccccc3c2)c2oc3ccccc3c2n1. The van der Waals surface area contributed by atoms with Crippen molar-refractivity contribution in [1.29, 1.82) is 0 Å². The summed E-state index contributed by atoms with van der Waals surface area (Å²) in [7, 11) is 0. The van der Waals surface area contributed by atoms with E-state index in [2.05, 4.69) is 62.4 Å². The van der Waals surface area contributed by atoms with E-state index >= 15 is 0 Å². The van der Waals surface area contributed by atoms with Crippen molar-refractivity contribution >= 4 is 32.8 Å². The molecule has 0 N–H and O–H groups in total. The van der Waals surface area contributed by atoms with Gasteiger partial charge in [-0.05, 0) is 29.0 Å². The molecule has 0 atom stereocenters. The fourth-order valence-corrected chi connectivity index (χ4v) is 3.40. The van der Waals surface area contributed by atoms with Crippen LogP contribution < -0.4 is 0 Å². The number of aromatic nitrogens is 2. The highest BCUT2D eigenvalue weighted by Gasteiger charge is 2.18. The average Bonchev–Trinajstić information content (AvgIpc) is 3.05. The number of nitrogens with zero attached hydrogens (tertiary/aromatic N) is 2. The minimum atomic E-state index is 0.243. The van der Waals surface area contributed by atoms with Crippen LogP contribution in [0, 0.1) is 0 Å². The maximum Gasteiger partial charge on any atom is 0.180 e. The molecule has 3 nitrogen and oxygen atoms in total. The Hall–Kier alpha value is -3.20. The van der Waals surface area contributed by atoms with Crippen molar-refractivity contribution in [3.63, 3.8) is 0 Å². The second-order valence-electron chi connectivity index (χ2n) is 6.92. The van der Waals surface area contributed by atoms with Crippen LogP contribution in [0.5, 0.6) is 0 Å². The van der Waals surface area contributed by atoms with Gasteiger partial charge in [-0.3, -0.25) is 0 Å². The molecule has 2 aromatic heterocycles. The minimum absolute atomic E-state index is 0.243. The number of furan rings is 1. The molecule has 0 aliphatic rings. The van der Waals surface area contributed by atoms with Gasteiger partial charge in [-0.25, -0.2) is 9.97 Å². The monoisotopic (exact) mass is 338 g/mol. The van der Waals surface area contributed by atoms with Crippen LogP contribution >= 0.6 is 0 Å². The van der Waals surface area contributed by atoms with Crippen LogP contribution in [0.4, 0.5) is 0 Å². The summed E-state index contributed by atoms with van der Waals surface area (Å²) in [5.41, 5.74) is 4.41. The molecule has 0 aliphatic heterocycles. The number of hydrogen-bond acceptors (Lipinski definition) is 3. The topological polar surface area (TPSA) is 38.9 Å². The lowest BCUT2D eigenvalue weighted by Gasteiger charge is -2.09. The van der Waals surface area contributed by atoms with Crippen LogP contribution in [0.1, 0.15) is 25.6 Å². The Morgan fingerprint density at radius 3 is 2.42 bits per heavy atom. The maximum atomic E-state index is 6.16. The summed E-state index contributed by atoms with van der Waals surface area (Å²) in [5.74, 6) is 1.08. The van der Waals surface area contributed by atoms with Crippen LogP contribution in [0.3, 0.4) is 0 Å². The zero-order chi connectivity index (χ0) is 17.7. The summed E-state index contributed by atoms with van der Waals surface area (Å²) in [6.45, 7) is 4.24. The van der Waals surface area contributed by atoms with Crippen LogP contribution in [-0.4, -0.2) is 9.97 Å². The largest absolute Gasteiger partial charge is 0.452 e. The zero-order valence-electron chi connectivity index (χ0n) is 14.7. The van der Waals surface area contributed by atoms with Gasteiger partial charge in [0.15, 0.2) is 5.58 Å². The molecule has 0 fully saturated rings. The maximum absolute atomic E-state index is 6.16. The Kier molecular flexibility index (Phi) is 3.29. The Morgan fingerprint density at radius 2 is 1.58 bits per heavy atom. The molecule has 3 heteroatoms. The fourth-order valence-electron chi connectivity index (χ4n) is 3.40. The highest BCUT2D eigenvalue weighted by Crippen LogP contribution is 2.35. The Balaban J connectivity index is 1.87. The van der Waals surface area contributed by atoms with Gasteiger partial charge < -0.3 is 4.42 Å². The molecule has 0 unspecified atom stereocenters. The normalized spacial score (nSPS) is 11.8. The van der Waals surface area contributed by atoms with Crippen molar-refractivity contribution in [2.75, 3.05) is 0 Å². The third kappa shape index (κ3) is 2.28.